The van der Waals surface area contributed by atoms with E-state index >= 15 is 0 Å². The normalized spacial score (nSPS) is 25.4. The monoisotopic (exact) mass is 220 g/mol. The van der Waals surface area contributed by atoms with E-state index < -0.39 is 23.2 Å². The van der Waals surface area contributed by atoms with Crippen molar-refractivity contribution < 1.29 is 22.3 Å². The van der Waals surface area contributed by atoms with E-state index in [2.05, 4.69) is 0 Å². The molecule has 1 aliphatic heterocycles. The predicted octanol–water partition coefficient (Wildman–Crippen LogP) is 3.09. The van der Waals surface area contributed by atoms with Gasteiger partial charge in [-0.15, -0.1) is 0 Å². The average molecular weight is 220 g/mol. The van der Waals surface area contributed by atoms with Crippen LogP contribution in [0.3, 0.4) is 0 Å². The molecule has 5 heteroatoms. The molecule has 82 valence electrons. The molecular weight excluding hydrogens is 212 g/mol. The Kier molecular flexibility index (Phi) is 2.05. The first-order chi connectivity index (χ1) is 6.83. The van der Waals surface area contributed by atoms with Crippen LogP contribution in [0, 0.1) is 5.82 Å². The van der Waals surface area contributed by atoms with Crippen molar-refractivity contribution in [1.82, 2.24) is 0 Å². The van der Waals surface area contributed by atoms with Gasteiger partial charge in [0.1, 0.15) is 11.4 Å². The molecule has 1 heterocycles. The van der Waals surface area contributed by atoms with E-state index in [0.717, 1.165) is 12.1 Å². The van der Waals surface area contributed by atoms with Crippen molar-refractivity contribution in [3.8, 4) is 0 Å². The van der Waals surface area contributed by atoms with E-state index in [-0.39, 0.29) is 12.2 Å². The zero-order valence-electron chi connectivity index (χ0n) is 7.86. The molecule has 0 aliphatic carbocycles. The van der Waals surface area contributed by atoms with Crippen LogP contribution in [0.4, 0.5) is 17.6 Å². The second-order valence-electron chi connectivity index (χ2n) is 3.71. The summed E-state index contributed by atoms with van der Waals surface area (Å²) in [5.74, 6) is -0.893. The fourth-order valence-corrected chi connectivity index (χ4v) is 1.48. The Morgan fingerprint density at radius 3 is 2.40 bits per heavy atom. The minimum absolute atomic E-state index is 0.00333. The summed E-state index contributed by atoms with van der Waals surface area (Å²) in [6.07, 6.45) is -4.55. The summed E-state index contributed by atoms with van der Waals surface area (Å²) >= 11 is 0. The zero-order chi connectivity index (χ0) is 11.3. The highest BCUT2D eigenvalue weighted by Gasteiger charge is 2.47. The van der Waals surface area contributed by atoms with Crippen LogP contribution in [0.5, 0.6) is 0 Å². The van der Waals surface area contributed by atoms with Crippen molar-refractivity contribution in [3.63, 3.8) is 0 Å². The molecule has 2 rings (SSSR count). The lowest BCUT2D eigenvalue weighted by molar-refractivity contribution is -0.139. The summed E-state index contributed by atoms with van der Waals surface area (Å²) in [6, 6.07) is 2.64. The SMILES string of the molecule is CC1(c2ccc(F)cc2C(F)(F)F)CO1. The van der Waals surface area contributed by atoms with Gasteiger partial charge < -0.3 is 4.74 Å². The van der Waals surface area contributed by atoms with Crippen LogP contribution in [0.1, 0.15) is 18.1 Å². The van der Waals surface area contributed by atoms with E-state index in [1.807, 2.05) is 0 Å². The Bertz CT molecular complexity index is 393. The highest BCUT2D eigenvalue weighted by Crippen LogP contribution is 2.44. The quantitative estimate of drug-likeness (QED) is 0.523. The first kappa shape index (κ1) is 10.4. The summed E-state index contributed by atoms with van der Waals surface area (Å²) in [7, 11) is 0. The lowest BCUT2D eigenvalue weighted by atomic mass is 9.96. The van der Waals surface area contributed by atoms with Gasteiger partial charge in [0.25, 0.3) is 0 Å². The maximum Gasteiger partial charge on any atom is 0.416 e. The molecule has 1 unspecified atom stereocenters. The third-order valence-electron chi connectivity index (χ3n) is 2.43. The molecule has 15 heavy (non-hydrogen) atoms. The standard InChI is InChI=1S/C10H8F4O/c1-9(5-15-9)7-3-2-6(11)4-8(7)10(12,13)14/h2-4H,5H2,1H3. The fourth-order valence-electron chi connectivity index (χ4n) is 1.48. The highest BCUT2D eigenvalue weighted by molar-refractivity contribution is 5.37. The summed E-state index contributed by atoms with van der Waals surface area (Å²) in [4.78, 5) is 0. The molecule has 1 aromatic carbocycles. The van der Waals surface area contributed by atoms with Gasteiger partial charge >= 0.3 is 6.18 Å². The molecule has 1 aromatic rings. The van der Waals surface area contributed by atoms with E-state index in [1.54, 1.807) is 6.92 Å². The zero-order valence-corrected chi connectivity index (χ0v) is 7.86. The van der Waals surface area contributed by atoms with Gasteiger partial charge in [-0.3, -0.25) is 0 Å². The molecular formula is C10H8F4O. The molecule has 1 saturated heterocycles. The second-order valence-corrected chi connectivity index (χ2v) is 3.71. The molecule has 0 bridgehead atoms. The minimum atomic E-state index is -4.55. The van der Waals surface area contributed by atoms with Gasteiger partial charge in [-0.25, -0.2) is 4.39 Å². The molecule has 1 aliphatic rings. The lowest BCUT2D eigenvalue weighted by Crippen LogP contribution is -2.15. The van der Waals surface area contributed by atoms with Gasteiger partial charge in [-0.2, -0.15) is 13.2 Å². The summed E-state index contributed by atoms with van der Waals surface area (Å²) in [5, 5.41) is 0. The van der Waals surface area contributed by atoms with Crippen LogP contribution < -0.4 is 0 Å². The first-order valence-corrected chi connectivity index (χ1v) is 4.34. The van der Waals surface area contributed by atoms with E-state index in [4.69, 9.17) is 4.74 Å². The lowest BCUT2D eigenvalue weighted by Gasteiger charge is -2.15. The van der Waals surface area contributed by atoms with Gasteiger partial charge in [-0.1, -0.05) is 6.07 Å². The molecule has 1 fully saturated rings. The number of halogens is 4. The Balaban J connectivity index is 2.55. The maximum atomic E-state index is 12.7. The van der Waals surface area contributed by atoms with Crippen molar-refractivity contribution in [1.29, 1.82) is 0 Å². The van der Waals surface area contributed by atoms with Crippen molar-refractivity contribution in [2.45, 2.75) is 18.7 Å². The molecule has 1 atom stereocenters. The minimum Gasteiger partial charge on any atom is -0.365 e. The van der Waals surface area contributed by atoms with Gasteiger partial charge in [0.15, 0.2) is 0 Å². The van der Waals surface area contributed by atoms with Crippen molar-refractivity contribution in [3.05, 3.63) is 35.1 Å². The Morgan fingerprint density at radius 1 is 1.33 bits per heavy atom. The predicted molar refractivity (Wildman–Crippen MR) is 44.7 cm³/mol. The average Bonchev–Trinajstić information content (AvgIpc) is 2.83. The molecule has 0 aromatic heterocycles. The smallest absolute Gasteiger partial charge is 0.365 e. The van der Waals surface area contributed by atoms with Crippen LogP contribution in [-0.4, -0.2) is 6.61 Å². The number of hydrogen-bond donors (Lipinski definition) is 0. The molecule has 0 saturated carbocycles. The van der Waals surface area contributed by atoms with Crippen LogP contribution >= 0.6 is 0 Å². The molecule has 0 spiro atoms. The summed E-state index contributed by atoms with van der Waals surface area (Å²) < 4.78 is 55.4. The van der Waals surface area contributed by atoms with Gasteiger partial charge in [0.05, 0.1) is 12.2 Å². The molecule has 0 amide bonds. The third-order valence-corrected chi connectivity index (χ3v) is 2.43. The van der Waals surface area contributed by atoms with Crippen molar-refractivity contribution in [2.75, 3.05) is 6.61 Å². The Labute approximate surface area is 83.7 Å². The van der Waals surface area contributed by atoms with Crippen LogP contribution in [0.2, 0.25) is 0 Å². The van der Waals surface area contributed by atoms with Crippen LogP contribution in [-0.2, 0) is 16.5 Å². The number of hydrogen-bond acceptors (Lipinski definition) is 1. The van der Waals surface area contributed by atoms with E-state index in [9.17, 15) is 17.6 Å². The number of ether oxygens (including phenoxy) is 1. The van der Waals surface area contributed by atoms with Crippen molar-refractivity contribution in [2.24, 2.45) is 0 Å². The third kappa shape index (κ3) is 1.84. The summed E-state index contributed by atoms with van der Waals surface area (Å²) in [5.41, 5.74) is -1.86. The van der Waals surface area contributed by atoms with Crippen molar-refractivity contribution >= 4 is 0 Å². The maximum absolute atomic E-state index is 12.7. The van der Waals surface area contributed by atoms with Gasteiger partial charge in [0, 0.05) is 0 Å². The van der Waals surface area contributed by atoms with Gasteiger partial charge in [0.2, 0.25) is 0 Å². The van der Waals surface area contributed by atoms with E-state index in [1.165, 1.54) is 0 Å². The molecule has 1 nitrogen and oxygen atoms in total. The van der Waals surface area contributed by atoms with Crippen LogP contribution in [0.25, 0.3) is 0 Å². The Morgan fingerprint density at radius 2 is 1.93 bits per heavy atom. The second kappa shape index (κ2) is 2.95. The number of benzene rings is 1. The summed E-state index contributed by atoms with van der Waals surface area (Å²) in [6.45, 7) is 1.79. The number of alkyl halides is 3. The molecule has 0 radical (unpaired) electrons. The van der Waals surface area contributed by atoms with Crippen LogP contribution in [0.15, 0.2) is 18.2 Å². The highest BCUT2D eigenvalue weighted by atomic mass is 19.4. The first-order valence-electron chi connectivity index (χ1n) is 4.34. The van der Waals surface area contributed by atoms with E-state index in [0.29, 0.717) is 6.07 Å². The Hall–Kier alpha value is -1.10. The fraction of sp³-hybridized carbons (Fsp3) is 0.400. The molecule has 0 N–H and O–H groups in total. The number of epoxide rings is 1. The topological polar surface area (TPSA) is 12.5 Å². The largest absolute Gasteiger partial charge is 0.416 e. The van der Waals surface area contributed by atoms with Gasteiger partial charge in [-0.05, 0) is 24.6 Å². The number of rotatable bonds is 1.